The molecular weight excluding hydrogens is 421 g/mol. The van der Waals surface area contributed by atoms with Crippen molar-refractivity contribution >= 4 is 5.65 Å². The minimum Gasteiger partial charge on any atom is -0.489 e. The number of alkyl halides is 3. The number of ether oxygens (including phenoxy) is 2. The van der Waals surface area contributed by atoms with E-state index in [0.717, 1.165) is 25.0 Å². The van der Waals surface area contributed by atoms with Crippen LogP contribution in [0.4, 0.5) is 22.0 Å². The highest BCUT2D eigenvalue weighted by molar-refractivity contribution is 5.56. The average molecular weight is 441 g/mol. The summed E-state index contributed by atoms with van der Waals surface area (Å²) in [6, 6.07) is 4.00. The quantitative estimate of drug-likeness (QED) is 0.472. The van der Waals surface area contributed by atoms with Crippen LogP contribution in [0.2, 0.25) is 0 Å². The number of rotatable bonds is 7. The van der Waals surface area contributed by atoms with Gasteiger partial charge in [0.2, 0.25) is 0 Å². The molecule has 2 heterocycles. The molecule has 0 radical (unpaired) electrons. The first-order valence-corrected chi connectivity index (χ1v) is 9.74. The van der Waals surface area contributed by atoms with Crippen LogP contribution in [0, 0.1) is 17.6 Å². The van der Waals surface area contributed by atoms with Crippen LogP contribution in [0.5, 0.6) is 11.5 Å². The van der Waals surface area contributed by atoms with Gasteiger partial charge < -0.3 is 9.47 Å². The Bertz CT molecular complexity index is 1110. The Kier molecular flexibility index (Phi) is 5.26. The van der Waals surface area contributed by atoms with Gasteiger partial charge in [-0.15, -0.1) is 10.2 Å². The van der Waals surface area contributed by atoms with Crippen molar-refractivity contribution in [1.29, 1.82) is 0 Å². The molecule has 2 aromatic heterocycles. The molecule has 31 heavy (non-hydrogen) atoms. The molecule has 166 valence electrons. The SMILES string of the molecule is CC(C)(COc1ccn2c(CC3CC3)nnc2c1C(F)(F)F)Oc1ccc(F)cc1F. The van der Waals surface area contributed by atoms with Gasteiger partial charge in [-0.05, 0) is 50.8 Å². The Morgan fingerprint density at radius 3 is 2.45 bits per heavy atom. The molecule has 1 fully saturated rings. The summed E-state index contributed by atoms with van der Waals surface area (Å²) in [5.74, 6) is -1.44. The molecule has 0 N–H and O–H groups in total. The molecule has 1 aliphatic rings. The molecule has 0 aliphatic heterocycles. The van der Waals surface area contributed by atoms with Crippen molar-refractivity contribution in [3.05, 3.63) is 53.5 Å². The van der Waals surface area contributed by atoms with Crippen LogP contribution in [0.15, 0.2) is 30.5 Å². The third-order valence-corrected chi connectivity index (χ3v) is 4.92. The van der Waals surface area contributed by atoms with Crippen molar-refractivity contribution < 1.29 is 31.4 Å². The third kappa shape index (κ3) is 4.72. The van der Waals surface area contributed by atoms with Crippen molar-refractivity contribution in [3.63, 3.8) is 0 Å². The molecule has 0 saturated heterocycles. The maximum absolute atomic E-state index is 13.9. The highest BCUT2D eigenvalue weighted by Gasteiger charge is 2.39. The first-order valence-electron chi connectivity index (χ1n) is 9.74. The number of fused-ring (bicyclic) bond motifs is 1. The van der Waals surface area contributed by atoms with E-state index in [2.05, 4.69) is 10.2 Å². The fourth-order valence-corrected chi connectivity index (χ4v) is 3.23. The van der Waals surface area contributed by atoms with Crippen LogP contribution in [0.25, 0.3) is 5.65 Å². The second-order valence-corrected chi connectivity index (χ2v) is 8.24. The standard InChI is InChI=1S/C21H20F5N3O2/c1-20(2,31-15-6-5-13(22)10-14(15)23)11-30-16-7-8-29-17(9-12-3-4-12)27-28-19(29)18(16)21(24,25)26/h5-8,10,12H,3-4,9,11H2,1-2H3. The second-order valence-electron chi connectivity index (χ2n) is 8.24. The zero-order valence-corrected chi connectivity index (χ0v) is 16.8. The number of halogens is 5. The minimum atomic E-state index is -4.73. The molecule has 4 rings (SSSR count). The van der Waals surface area contributed by atoms with Gasteiger partial charge in [-0.2, -0.15) is 13.2 Å². The Balaban J connectivity index is 1.58. The van der Waals surface area contributed by atoms with Crippen molar-refractivity contribution in [3.8, 4) is 11.5 Å². The van der Waals surface area contributed by atoms with Gasteiger partial charge in [-0.3, -0.25) is 4.40 Å². The number of hydrogen-bond acceptors (Lipinski definition) is 4. The maximum Gasteiger partial charge on any atom is 0.423 e. The molecular formula is C21H20F5N3O2. The van der Waals surface area contributed by atoms with Crippen LogP contribution in [-0.2, 0) is 12.6 Å². The summed E-state index contributed by atoms with van der Waals surface area (Å²) in [7, 11) is 0. The van der Waals surface area contributed by atoms with Crippen molar-refractivity contribution in [1.82, 2.24) is 14.6 Å². The van der Waals surface area contributed by atoms with Crippen molar-refractivity contribution in [2.24, 2.45) is 5.92 Å². The predicted molar refractivity (Wildman–Crippen MR) is 101 cm³/mol. The lowest BCUT2D eigenvalue weighted by molar-refractivity contribution is -0.138. The van der Waals surface area contributed by atoms with Gasteiger partial charge in [0.25, 0.3) is 0 Å². The molecule has 1 saturated carbocycles. The van der Waals surface area contributed by atoms with Gasteiger partial charge in [-0.25, -0.2) is 8.78 Å². The van der Waals surface area contributed by atoms with E-state index >= 15 is 0 Å². The summed E-state index contributed by atoms with van der Waals surface area (Å²) >= 11 is 0. The zero-order valence-electron chi connectivity index (χ0n) is 16.8. The summed E-state index contributed by atoms with van der Waals surface area (Å²) in [6.07, 6.45) is -0.637. The lowest BCUT2D eigenvalue weighted by atomic mass is 10.1. The zero-order chi connectivity index (χ0) is 22.4. The van der Waals surface area contributed by atoms with Gasteiger partial charge in [-0.1, -0.05) is 0 Å². The number of hydrogen-bond donors (Lipinski definition) is 0. The second kappa shape index (κ2) is 7.65. The van der Waals surface area contributed by atoms with Gasteiger partial charge in [0.15, 0.2) is 17.2 Å². The first kappa shape index (κ1) is 21.3. The lowest BCUT2D eigenvalue weighted by Gasteiger charge is -2.27. The molecule has 0 spiro atoms. The van der Waals surface area contributed by atoms with E-state index in [0.29, 0.717) is 24.2 Å². The number of aromatic nitrogens is 3. The summed E-state index contributed by atoms with van der Waals surface area (Å²) in [4.78, 5) is 0. The van der Waals surface area contributed by atoms with Crippen LogP contribution in [0.1, 0.15) is 38.1 Å². The van der Waals surface area contributed by atoms with Gasteiger partial charge in [0, 0.05) is 18.7 Å². The molecule has 10 heteroatoms. The van der Waals surface area contributed by atoms with E-state index in [4.69, 9.17) is 9.47 Å². The van der Waals surface area contributed by atoms with Crippen LogP contribution in [0.3, 0.4) is 0 Å². The minimum absolute atomic E-state index is 0.233. The van der Waals surface area contributed by atoms with E-state index in [-0.39, 0.29) is 18.0 Å². The fourth-order valence-electron chi connectivity index (χ4n) is 3.23. The lowest BCUT2D eigenvalue weighted by Crippen LogP contribution is -2.36. The predicted octanol–water partition coefficient (Wildman–Crippen LogP) is 5.22. The van der Waals surface area contributed by atoms with Crippen LogP contribution >= 0.6 is 0 Å². The van der Waals surface area contributed by atoms with E-state index in [1.807, 2.05) is 0 Å². The molecule has 3 aromatic rings. The van der Waals surface area contributed by atoms with Crippen molar-refractivity contribution in [2.75, 3.05) is 6.61 Å². The Hall–Kier alpha value is -2.91. The highest BCUT2D eigenvalue weighted by atomic mass is 19.4. The van der Waals surface area contributed by atoms with Gasteiger partial charge in [0.05, 0.1) is 0 Å². The van der Waals surface area contributed by atoms with Crippen LogP contribution < -0.4 is 9.47 Å². The maximum atomic E-state index is 13.9. The van der Waals surface area contributed by atoms with Gasteiger partial charge >= 0.3 is 6.18 Å². The molecule has 1 aromatic carbocycles. The van der Waals surface area contributed by atoms with Crippen molar-refractivity contribution in [2.45, 2.75) is 44.9 Å². The smallest absolute Gasteiger partial charge is 0.423 e. The summed E-state index contributed by atoms with van der Waals surface area (Å²) in [5, 5.41) is 7.69. The molecule has 0 atom stereocenters. The number of benzene rings is 1. The summed E-state index contributed by atoms with van der Waals surface area (Å²) < 4.78 is 80.7. The largest absolute Gasteiger partial charge is 0.489 e. The van der Waals surface area contributed by atoms with E-state index < -0.39 is 34.7 Å². The normalized spacial score (nSPS) is 14.8. The van der Waals surface area contributed by atoms with E-state index in [1.54, 1.807) is 0 Å². The highest BCUT2D eigenvalue weighted by Crippen LogP contribution is 2.40. The molecule has 1 aliphatic carbocycles. The molecule has 0 amide bonds. The molecule has 0 bridgehead atoms. The third-order valence-electron chi connectivity index (χ3n) is 4.92. The fraction of sp³-hybridized carbons (Fsp3) is 0.429. The summed E-state index contributed by atoms with van der Waals surface area (Å²) in [6.45, 7) is 2.71. The Morgan fingerprint density at radius 1 is 1.06 bits per heavy atom. The Labute approximate surface area is 174 Å². The van der Waals surface area contributed by atoms with Gasteiger partial charge in [0.1, 0.15) is 35.2 Å². The molecule has 0 unspecified atom stereocenters. The molecule has 5 nitrogen and oxygen atoms in total. The topological polar surface area (TPSA) is 48.7 Å². The monoisotopic (exact) mass is 441 g/mol. The average Bonchev–Trinajstić information content (AvgIpc) is 3.40. The van der Waals surface area contributed by atoms with Crippen LogP contribution in [-0.4, -0.2) is 26.8 Å². The number of nitrogens with zero attached hydrogens (tertiary/aromatic N) is 3. The Morgan fingerprint density at radius 2 is 1.81 bits per heavy atom. The number of pyridine rings is 1. The van der Waals surface area contributed by atoms with E-state index in [9.17, 15) is 22.0 Å². The summed E-state index contributed by atoms with van der Waals surface area (Å²) in [5.41, 5.74) is -2.57. The van der Waals surface area contributed by atoms with E-state index in [1.165, 1.54) is 30.5 Å². The first-order chi connectivity index (χ1) is 14.5.